The zero-order valence-corrected chi connectivity index (χ0v) is 13.8. The van der Waals surface area contributed by atoms with Crippen molar-refractivity contribution >= 4 is 11.7 Å². The van der Waals surface area contributed by atoms with Crippen LogP contribution in [0.3, 0.4) is 0 Å². The summed E-state index contributed by atoms with van der Waals surface area (Å²) in [7, 11) is 0. The third-order valence-electron chi connectivity index (χ3n) is 4.92. The summed E-state index contributed by atoms with van der Waals surface area (Å²) in [6.07, 6.45) is 6.64. The molecule has 1 amide bonds. The Balaban J connectivity index is 1.67. The first-order chi connectivity index (χ1) is 10.6. The predicted molar refractivity (Wildman–Crippen MR) is 89.1 cm³/mol. The average Bonchev–Trinajstić information content (AvgIpc) is 2.54. The van der Waals surface area contributed by atoms with E-state index in [0.717, 1.165) is 49.9 Å². The third-order valence-corrected chi connectivity index (χ3v) is 4.92. The highest BCUT2D eigenvalue weighted by Gasteiger charge is 2.23. The maximum Gasteiger partial charge on any atom is 0.255 e. The Hall–Kier alpha value is -1.58. The van der Waals surface area contributed by atoms with Crippen LogP contribution in [0.25, 0.3) is 0 Å². The van der Waals surface area contributed by atoms with E-state index < -0.39 is 0 Å². The summed E-state index contributed by atoms with van der Waals surface area (Å²) in [4.78, 5) is 21.4. The molecule has 1 aromatic rings. The van der Waals surface area contributed by atoms with Crippen LogP contribution < -0.4 is 4.90 Å². The van der Waals surface area contributed by atoms with E-state index in [1.54, 1.807) is 6.20 Å². The second-order valence-corrected chi connectivity index (χ2v) is 7.10. The Morgan fingerprint density at radius 1 is 1.09 bits per heavy atom. The van der Waals surface area contributed by atoms with Crippen molar-refractivity contribution in [2.24, 2.45) is 11.8 Å². The molecule has 22 heavy (non-hydrogen) atoms. The SMILES string of the molecule is CC1CCCN(C(=O)c2ccc(N3CCCC(C)C3)nc2)C1. The van der Waals surface area contributed by atoms with Crippen LogP contribution in [0.2, 0.25) is 0 Å². The van der Waals surface area contributed by atoms with Gasteiger partial charge in [0.15, 0.2) is 0 Å². The lowest BCUT2D eigenvalue weighted by atomic mass is 9.99. The molecule has 2 unspecified atom stereocenters. The van der Waals surface area contributed by atoms with Crippen LogP contribution in [0.1, 0.15) is 49.9 Å². The first-order valence-electron chi connectivity index (χ1n) is 8.64. The molecular formula is C18H27N3O. The Bertz CT molecular complexity index is 514. The van der Waals surface area contributed by atoms with Crippen molar-refractivity contribution in [3.05, 3.63) is 23.9 Å². The van der Waals surface area contributed by atoms with Gasteiger partial charge in [0.25, 0.3) is 5.91 Å². The molecule has 0 N–H and O–H groups in total. The molecule has 4 heteroatoms. The lowest BCUT2D eigenvalue weighted by molar-refractivity contribution is 0.0682. The first-order valence-corrected chi connectivity index (χ1v) is 8.64. The fraction of sp³-hybridized carbons (Fsp3) is 0.667. The van der Waals surface area contributed by atoms with Crippen LogP contribution in [-0.4, -0.2) is 42.0 Å². The van der Waals surface area contributed by atoms with E-state index in [1.807, 2.05) is 17.0 Å². The molecule has 2 saturated heterocycles. The molecule has 3 rings (SSSR count). The zero-order chi connectivity index (χ0) is 15.5. The third kappa shape index (κ3) is 3.42. The predicted octanol–water partition coefficient (Wildman–Crippen LogP) is 3.19. The van der Waals surface area contributed by atoms with Crippen molar-refractivity contribution in [1.29, 1.82) is 0 Å². The van der Waals surface area contributed by atoms with Gasteiger partial charge in [-0.1, -0.05) is 13.8 Å². The lowest BCUT2D eigenvalue weighted by Crippen LogP contribution is -2.39. The number of aromatic nitrogens is 1. The number of anilines is 1. The fourth-order valence-corrected chi connectivity index (χ4v) is 3.65. The number of amides is 1. The number of rotatable bonds is 2. The highest BCUT2D eigenvalue weighted by Crippen LogP contribution is 2.22. The van der Waals surface area contributed by atoms with Gasteiger partial charge in [-0.05, 0) is 49.7 Å². The van der Waals surface area contributed by atoms with E-state index in [-0.39, 0.29) is 5.91 Å². The summed E-state index contributed by atoms with van der Waals surface area (Å²) < 4.78 is 0. The molecule has 120 valence electrons. The van der Waals surface area contributed by atoms with Gasteiger partial charge < -0.3 is 9.80 Å². The number of carbonyl (C=O) groups is 1. The van der Waals surface area contributed by atoms with E-state index in [9.17, 15) is 4.79 Å². The van der Waals surface area contributed by atoms with Gasteiger partial charge in [0.05, 0.1) is 5.56 Å². The number of hydrogen-bond donors (Lipinski definition) is 0. The second kappa shape index (κ2) is 6.67. The van der Waals surface area contributed by atoms with Crippen LogP contribution in [-0.2, 0) is 0 Å². The van der Waals surface area contributed by atoms with Crippen molar-refractivity contribution < 1.29 is 4.79 Å². The molecule has 2 atom stereocenters. The molecular weight excluding hydrogens is 274 g/mol. The number of pyridine rings is 1. The fourth-order valence-electron chi connectivity index (χ4n) is 3.65. The Morgan fingerprint density at radius 2 is 1.82 bits per heavy atom. The second-order valence-electron chi connectivity index (χ2n) is 7.10. The molecule has 0 aliphatic carbocycles. The number of nitrogens with zero attached hydrogens (tertiary/aromatic N) is 3. The maximum absolute atomic E-state index is 12.6. The highest BCUT2D eigenvalue weighted by atomic mass is 16.2. The van der Waals surface area contributed by atoms with Gasteiger partial charge in [0, 0.05) is 32.4 Å². The quantitative estimate of drug-likeness (QED) is 0.841. The van der Waals surface area contributed by atoms with Crippen LogP contribution in [0, 0.1) is 11.8 Å². The van der Waals surface area contributed by atoms with E-state index in [4.69, 9.17) is 0 Å². The van der Waals surface area contributed by atoms with E-state index >= 15 is 0 Å². The van der Waals surface area contributed by atoms with Gasteiger partial charge in [0.2, 0.25) is 0 Å². The topological polar surface area (TPSA) is 36.4 Å². The lowest BCUT2D eigenvalue weighted by Gasteiger charge is -2.32. The molecule has 0 spiro atoms. The molecule has 2 aliphatic rings. The summed E-state index contributed by atoms with van der Waals surface area (Å²) >= 11 is 0. The molecule has 4 nitrogen and oxygen atoms in total. The smallest absolute Gasteiger partial charge is 0.255 e. The van der Waals surface area contributed by atoms with Crippen LogP contribution in [0.15, 0.2) is 18.3 Å². The molecule has 2 aliphatic heterocycles. The molecule has 0 bridgehead atoms. The Kier molecular flexibility index (Phi) is 4.65. The highest BCUT2D eigenvalue weighted by molar-refractivity contribution is 5.94. The minimum Gasteiger partial charge on any atom is -0.356 e. The minimum absolute atomic E-state index is 0.137. The van der Waals surface area contributed by atoms with Crippen LogP contribution in [0.4, 0.5) is 5.82 Å². The number of piperidine rings is 2. The molecule has 3 heterocycles. The van der Waals surface area contributed by atoms with Crippen molar-refractivity contribution in [1.82, 2.24) is 9.88 Å². The molecule has 1 aromatic heterocycles. The maximum atomic E-state index is 12.6. The van der Waals surface area contributed by atoms with Gasteiger partial charge in [-0.2, -0.15) is 0 Å². The van der Waals surface area contributed by atoms with Gasteiger partial charge >= 0.3 is 0 Å². The molecule has 2 fully saturated rings. The summed E-state index contributed by atoms with van der Waals surface area (Å²) in [5.74, 6) is 2.49. The summed E-state index contributed by atoms with van der Waals surface area (Å²) in [6.45, 7) is 8.43. The zero-order valence-electron chi connectivity index (χ0n) is 13.8. The monoisotopic (exact) mass is 301 g/mol. The minimum atomic E-state index is 0.137. The number of hydrogen-bond acceptors (Lipinski definition) is 3. The molecule has 0 radical (unpaired) electrons. The number of carbonyl (C=O) groups excluding carboxylic acids is 1. The van der Waals surface area contributed by atoms with Gasteiger partial charge in [-0.15, -0.1) is 0 Å². The molecule has 0 aromatic carbocycles. The summed E-state index contributed by atoms with van der Waals surface area (Å²) in [5, 5.41) is 0. The largest absolute Gasteiger partial charge is 0.356 e. The van der Waals surface area contributed by atoms with Crippen molar-refractivity contribution in [2.75, 3.05) is 31.1 Å². The van der Waals surface area contributed by atoms with E-state index in [2.05, 4.69) is 23.7 Å². The summed E-state index contributed by atoms with van der Waals surface area (Å²) in [6, 6.07) is 3.96. The Morgan fingerprint density at radius 3 is 2.45 bits per heavy atom. The van der Waals surface area contributed by atoms with Crippen LogP contribution >= 0.6 is 0 Å². The standard InChI is InChI=1S/C18H27N3O/c1-14-5-3-9-20(12-14)17-8-7-16(11-19-17)18(22)21-10-4-6-15(2)13-21/h7-8,11,14-15H,3-6,9-10,12-13H2,1-2H3. The Labute approximate surface area is 133 Å². The van der Waals surface area contributed by atoms with Gasteiger partial charge in [-0.3, -0.25) is 4.79 Å². The molecule has 0 saturated carbocycles. The van der Waals surface area contributed by atoms with Crippen molar-refractivity contribution in [2.45, 2.75) is 39.5 Å². The van der Waals surface area contributed by atoms with Crippen molar-refractivity contribution in [3.8, 4) is 0 Å². The van der Waals surface area contributed by atoms with Crippen LogP contribution in [0.5, 0.6) is 0 Å². The average molecular weight is 301 g/mol. The first kappa shape index (κ1) is 15.3. The van der Waals surface area contributed by atoms with Crippen molar-refractivity contribution in [3.63, 3.8) is 0 Å². The summed E-state index contributed by atoms with van der Waals surface area (Å²) in [5.41, 5.74) is 0.725. The van der Waals surface area contributed by atoms with Gasteiger partial charge in [0.1, 0.15) is 5.82 Å². The number of likely N-dealkylation sites (tertiary alicyclic amines) is 1. The van der Waals surface area contributed by atoms with Gasteiger partial charge in [-0.25, -0.2) is 4.98 Å². The van der Waals surface area contributed by atoms with E-state index in [0.29, 0.717) is 5.92 Å². The normalized spacial score (nSPS) is 26.1. The van der Waals surface area contributed by atoms with E-state index in [1.165, 1.54) is 19.3 Å².